The molecule has 92 heavy (non-hydrogen) atoms. The molecule has 4 aromatic heterocycles. The number of nitrogens with zero attached hydrogens (tertiary/aromatic N) is 8. The van der Waals surface area contributed by atoms with Gasteiger partial charge in [0.2, 0.25) is 0 Å². The zero-order valence-electron chi connectivity index (χ0n) is 52.8. The van der Waals surface area contributed by atoms with Crippen molar-refractivity contribution in [1.29, 1.82) is 0 Å². The molecule has 10 aromatic rings. The Balaban J connectivity index is 0.000000165. The summed E-state index contributed by atoms with van der Waals surface area (Å²) in [5.74, 6) is 1.39. The number of carbonyl (C=O) groups excluding carboxylic acids is 2. The Morgan fingerprint density at radius 3 is 1.32 bits per heavy atom. The third-order valence-corrected chi connectivity index (χ3v) is 21.3. The van der Waals surface area contributed by atoms with Crippen LogP contribution in [0.4, 0.5) is 11.6 Å². The average Bonchev–Trinajstić information content (AvgIpc) is 1.60. The smallest absolute Gasteiger partial charge is 0.269 e. The van der Waals surface area contributed by atoms with Crippen molar-refractivity contribution in [1.82, 2.24) is 37.7 Å². The molecule has 17 nitrogen and oxygen atoms in total. The standard InChI is InChI=1S/C35H37N5O3S.C24H31NO2S.C13H12N4O2S/c1-25-13-15-30(16-14-25)44(42,43)40-18-17-32-35(40)37-22-34(38-32)36-21-33(41)31-20-29(19-26(31)2)39(23-27-9-5-3-6-10-27)24-28-11-7-4-8-12-28;1-19-14-22(15-23(19)24(26)18-28(2,3)27)25(16-20-10-6-4-7-11-20)17-21-12-8-5-9-13-21;1-9-2-4-10(5-3-9)20(18,19)17-7-6-11-13(17)15-8-12(14)16-11/h3-18,22,26,29,31H,19-21,23-24H2,1-2H3,(H,36,38);4-13,18-19,22-23H,14-17H2,1-3H3;2-8H,1H3,(H2,14,16)/t26-,29+,31+;19-,22+,23+;/m11./s1. The van der Waals surface area contributed by atoms with Crippen LogP contribution in [0.2, 0.25) is 0 Å². The van der Waals surface area contributed by atoms with Gasteiger partial charge in [-0.1, -0.05) is 171 Å². The molecule has 4 heterocycles. The van der Waals surface area contributed by atoms with Crippen LogP contribution in [0, 0.1) is 37.5 Å². The third-order valence-electron chi connectivity index (χ3n) is 17.2. The number of hydrogen-bond donors (Lipinski definition) is 2. The summed E-state index contributed by atoms with van der Waals surface area (Å²) in [6.45, 7) is 11.7. The lowest BCUT2D eigenvalue weighted by atomic mass is 9.93. The number of nitrogens with one attached hydrogen (secondary N) is 1. The molecule has 0 unspecified atom stereocenters. The minimum Gasteiger partial charge on any atom is -0.382 e. The van der Waals surface area contributed by atoms with Crippen LogP contribution < -0.4 is 11.1 Å². The molecular formula is C72H80N10O7S3. The summed E-state index contributed by atoms with van der Waals surface area (Å²) in [5, 5.41) is 4.62. The molecule has 0 amide bonds. The van der Waals surface area contributed by atoms with Crippen molar-refractivity contribution in [2.24, 2.45) is 23.7 Å². The number of nitrogen functional groups attached to an aromatic ring is 1. The molecule has 2 saturated carbocycles. The first-order valence-electron chi connectivity index (χ1n) is 30.9. The number of carbonyl (C=O) groups is 2. The van der Waals surface area contributed by atoms with Gasteiger partial charge in [0, 0.05) is 80.4 Å². The van der Waals surface area contributed by atoms with Gasteiger partial charge in [-0.05, 0) is 120 Å². The Kier molecular flexibility index (Phi) is 21.1. The van der Waals surface area contributed by atoms with Gasteiger partial charge in [0.1, 0.15) is 22.7 Å². The van der Waals surface area contributed by atoms with E-state index in [1.54, 1.807) is 73.2 Å². The predicted octanol–water partition coefficient (Wildman–Crippen LogP) is 11.7. The first-order chi connectivity index (χ1) is 44.1. The van der Waals surface area contributed by atoms with Crippen LogP contribution in [0.3, 0.4) is 0 Å². The van der Waals surface area contributed by atoms with E-state index in [1.807, 2.05) is 38.1 Å². The van der Waals surface area contributed by atoms with E-state index in [1.165, 1.54) is 52.4 Å². The quantitative estimate of drug-likeness (QED) is 0.0677. The molecule has 0 bridgehead atoms. The number of benzene rings is 6. The molecule has 3 N–H and O–H groups in total. The summed E-state index contributed by atoms with van der Waals surface area (Å²) in [4.78, 5) is 48.6. The maximum atomic E-state index is 13.5. The van der Waals surface area contributed by atoms with Crippen LogP contribution in [0.15, 0.2) is 217 Å². The van der Waals surface area contributed by atoms with Gasteiger partial charge in [-0.15, -0.1) is 0 Å². The van der Waals surface area contributed by atoms with Gasteiger partial charge < -0.3 is 11.1 Å². The number of Topliss-reactive ketones (excluding diaryl/α,β-unsaturated/α-hetero) is 2. The Bertz CT molecular complexity index is 4420. The van der Waals surface area contributed by atoms with Crippen LogP contribution in [-0.4, -0.2) is 107 Å². The van der Waals surface area contributed by atoms with Gasteiger partial charge in [-0.3, -0.25) is 23.6 Å². The summed E-state index contributed by atoms with van der Waals surface area (Å²) >= 11 is 0. The summed E-state index contributed by atoms with van der Waals surface area (Å²) in [6, 6.07) is 59.2. The van der Waals surface area contributed by atoms with Crippen molar-refractivity contribution in [3.05, 3.63) is 240 Å². The zero-order chi connectivity index (χ0) is 65.2. The van der Waals surface area contributed by atoms with Crippen LogP contribution in [0.25, 0.3) is 22.3 Å². The zero-order valence-corrected chi connectivity index (χ0v) is 55.2. The van der Waals surface area contributed by atoms with E-state index < -0.39 is 29.6 Å². The van der Waals surface area contributed by atoms with Crippen molar-refractivity contribution in [3.63, 3.8) is 0 Å². The summed E-state index contributed by atoms with van der Waals surface area (Å²) < 4.78 is 65.9. The molecule has 2 fully saturated rings. The van der Waals surface area contributed by atoms with Crippen molar-refractivity contribution < 1.29 is 30.6 Å². The normalized spacial score (nSPS) is 18.3. The number of aryl methyl sites for hydroxylation is 2. The fourth-order valence-electron chi connectivity index (χ4n) is 12.4. The summed E-state index contributed by atoms with van der Waals surface area (Å²) in [5.41, 5.74) is 14.0. The third kappa shape index (κ3) is 16.7. The maximum Gasteiger partial charge on any atom is 0.269 e. The minimum atomic E-state index is -3.81. The van der Waals surface area contributed by atoms with Crippen molar-refractivity contribution in [2.75, 3.05) is 30.1 Å². The highest BCUT2D eigenvalue weighted by Crippen LogP contribution is 2.38. The number of anilines is 2. The van der Waals surface area contributed by atoms with Crippen LogP contribution in [0.5, 0.6) is 0 Å². The first-order valence-corrected chi connectivity index (χ1v) is 36.2. The highest BCUT2D eigenvalue weighted by molar-refractivity contribution is 8.01. The van der Waals surface area contributed by atoms with Gasteiger partial charge in [-0.2, -0.15) is 0 Å². The highest BCUT2D eigenvalue weighted by Gasteiger charge is 2.40. The molecule has 0 saturated heterocycles. The van der Waals surface area contributed by atoms with E-state index in [9.17, 15) is 30.6 Å². The van der Waals surface area contributed by atoms with Gasteiger partial charge >= 0.3 is 0 Å². The van der Waals surface area contributed by atoms with Gasteiger partial charge in [0.05, 0.1) is 28.7 Å². The lowest BCUT2D eigenvalue weighted by Gasteiger charge is -2.29. The van der Waals surface area contributed by atoms with E-state index in [0.717, 1.165) is 70.9 Å². The monoisotopic (exact) mass is 1290 g/mol. The lowest BCUT2D eigenvalue weighted by Crippen LogP contribution is -2.33. The van der Waals surface area contributed by atoms with E-state index >= 15 is 0 Å². The van der Waals surface area contributed by atoms with E-state index in [2.05, 4.69) is 146 Å². The van der Waals surface area contributed by atoms with Crippen LogP contribution in [0.1, 0.15) is 72.9 Å². The summed E-state index contributed by atoms with van der Waals surface area (Å²) in [6.07, 6.45) is 12.6. The van der Waals surface area contributed by atoms with Gasteiger partial charge in [0.15, 0.2) is 22.9 Å². The number of nitrogens with two attached hydrogens (primary N) is 1. The molecule has 0 aliphatic heterocycles. The largest absolute Gasteiger partial charge is 0.382 e. The molecular weight excluding hydrogens is 1210 g/mol. The molecule has 0 spiro atoms. The SMILES string of the molecule is C[C@@H]1C[C@H](N(Cc2ccccc2)Cc2ccccc2)C[C@@H]1C(=O)C=S(C)(C)=O.Cc1ccc(S(=O)(=O)n2ccc3nc(N)cnc32)cc1.Cc1ccc(S(=O)(=O)n2ccc3nc(NCC(=O)[C@H]4C[C@@H](N(Cc5ccccc5)Cc5ccccc5)C[C@H]4C)cnc32)cc1. The summed E-state index contributed by atoms with van der Waals surface area (Å²) in [7, 11) is -9.65. The molecule has 12 rings (SSSR count). The Morgan fingerprint density at radius 1 is 0.522 bits per heavy atom. The topological polar surface area (TPSA) is 225 Å². The molecule has 0 radical (unpaired) electrons. The number of fused-ring (bicyclic) bond motifs is 2. The van der Waals surface area contributed by atoms with E-state index in [0.29, 0.717) is 34.9 Å². The van der Waals surface area contributed by atoms with Crippen LogP contribution >= 0.6 is 0 Å². The molecule has 20 heteroatoms. The number of hydrogen-bond acceptors (Lipinski definition) is 15. The second kappa shape index (κ2) is 29.3. The Hall–Kier alpha value is -8.66. The molecule has 478 valence electrons. The van der Waals surface area contributed by atoms with Gasteiger partial charge in [-0.25, -0.2) is 44.7 Å². The molecule has 2 aliphatic rings. The molecule has 6 atom stereocenters. The second-order valence-electron chi connectivity index (χ2n) is 24.6. The van der Waals surface area contributed by atoms with E-state index in [-0.39, 0.29) is 62.8 Å². The Labute approximate surface area is 540 Å². The number of ketones is 2. The van der Waals surface area contributed by atoms with E-state index in [4.69, 9.17) is 5.73 Å². The van der Waals surface area contributed by atoms with Crippen molar-refractivity contribution in [2.45, 2.75) is 101 Å². The van der Waals surface area contributed by atoms with Gasteiger partial charge in [0.25, 0.3) is 20.0 Å². The lowest BCUT2D eigenvalue weighted by molar-refractivity contribution is -0.122. The van der Waals surface area contributed by atoms with Crippen molar-refractivity contribution >= 4 is 80.5 Å². The highest BCUT2D eigenvalue weighted by atomic mass is 32.2. The Morgan fingerprint density at radius 2 is 0.902 bits per heavy atom. The minimum absolute atomic E-state index is 0.0280. The second-order valence-corrected chi connectivity index (χ2v) is 31.1. The predicted molar refractivity (Wildman–Crippen MR) is 367 cm³/mol. The number of aromatic nitrogens is 6. The van der Waals surface area contributed by atoms with Crippen LogP contribution in [-0.2, 0) is 65.3 Å². The maximum absolute atomic E-state index is 13.5. The first kappa shape index (κ1) is 66.3. The average molecular weight is 1290 g/mol. The molecule has 6 aromatic carbocycles. The number of rotatable bonds is 20. The molecule has 2 aliphatic carbocycles. The fraction of sp³-hybridized carbons (Fsp3) is 0.292. The fourth-order valence-corrected chi connectivity index (χ4v) is 15.7. The van der Waals surface area contributed by atoms with Crippen molar-refractivity contribution in [3.8, 4) is 0 Å².